The first-order valence-corrected chi connectivity index (χ1v) is 14.5. The second-order valence-electron chi connectivity index (χ2n) is 10.4. The molecule has 2 atom stereocenters. The summed E-state index contributed by atoms with van der Waals surface area (Å²) in [7, 11) is 0. The number of carbonyl (C=O) groups is 1. The van der Waals surface area contributed by atoms with Crippen molar-refractivity contribution in [1.82, 2.24) is 0 Å². The van der Waals surface area contributed by atoms with Gasteiger partial charge in [0.15, 0.2) is 5.79 Å². The lowest BCUT2D eigenvalue weighted by Gasteiger charge is -2.32. The topological polar surface area (TPSA) is 44.8 Å². The Bertz CT molecular complexity index is 723. The van der Waals surface area contributed by atoms with Crippen LogP contribution in [0.5, 0.6) is 0 Å². The molecule has 4 heteroatoms. The molecule has 0 radical (unpaired) electrons. The second kappa shape index (κ2) is 16.2. The van der Waals surface area contributed by atoms with E-state index >= 15 is 0 Å². The minimum atomic E-state index is -0.468. The van der Waals surface area contributed by atoms with Crippen molar-refractivity contribution >= 4 is 5.97 Å². The predicted molar refractivity (Wildman–Crippen MR) is 143 cm³/mol. The zero-order valence-corrected chi connectivity index (χ0v) is 22.1. The van der Waals surface area contributed by atoms with Gasteiger partial charge < -0.3 is 14.2 Å². The van der Waals surface area contributed by atoms with E-state index in [1.807, 2.05) is 24.3 Å². The summed E-state index contributed by atoms with van der Waals surface area (Å²) in [5, 5.41) is 0. The summed E-state index contributed by atoms with van der Waals surface area (Å²) in [4.78, 5) is 12.8. The van der Waals surface area contributed by atoms with Gasteiger partial charge in [0.1, 0.15) is 12.2 Å². The molecule has 3 rings (SSSR count). The Morgan fingerprint density at radius 2 is 1.57 bits per heavy atom. The van der Waals surface area contributed by atoms with Gasteiger partial charge in [0.05, 0.1) is 12.2 Å². The Morgan fingerprint density at radius 3 is 2.23 bits per heavy atom. The first-order valence-electron chi connectivity index (χ1n) is 14.5. The molecule has 1 aromatic rings. The predicted octanol–water partition coefficient (Wildman–Crippen LogP) is 8.55. The summed E-state index contributed by atoms with van der Waals surface area (Å²) >= 11 is 0. The van der Waals surface area contributed by atoms with Crippen molar-refractivity contribution in [3.63, 3.8) is 0 Å². The van der Waals surface area contributed by atoms with Crippen LogP contribution in [0.1, 0.15) is 126 Å². The lowest BCUT2D eigenvalue weighted by Crippen LogP contribution is -2.37. The largest absolute Gasteiger partial charge is 0.452 e. The van der Waals surface area contributed by atoms with Gasteiger partial charge >= 0.3 is 5.97 Å². The van der Waals surface area contributed by atoms with Crippen LogP contribution in [0.25, 0.3) is 0 Å². The molecule has 1 saturated carbocycles. The number of carbonyl (C=O) groups excluding carboxylic acids is 1. The van der Waals surface area contributed by atoms with E-state index in [0.29, 0.717) is 12.2 Å². The fraction of sp³-hybridized carbons (Fsp3) is 0.710. The molecular weight excluding hydrogens is 436 g/mol. The Hall–Kier alpha value is -1.65. The molecule has 1 aliphatic carbocycles. The van der Waals surface area contributed by atoms with Gasteiger partial charge in [-0.2, -0.15) is 0 Å². The zero-order valence-electron chi connectivity index (χ0n) is 22.1. The van der Waals surface area contributed by atoms with E-state index in [4.69, 9.17) is 14.2 Å². The number of esters is 1. The molecule has 1 heterocycles. The van der Waals surface area contributed by atoms with Crippen LogP contribution in [0.2, 0.25) is 0 Å². The van der Waals surface area contributed by atoms with Crippen LogP contribution in [-0.4, -0.2) is 30.6 Å². The molecule has 2 fully saturated rings. The Labute approximate surface area is 213 Å². The number of hydrogen-bond donors (Lipinski definition) is 0. The van der Waals surface area contributed by atoms with Gasteiger partial charge in [-0.15, -0.1) is 0 Å². The molecule has 0 bridgehead atoms. The highest BCUT2D eigenvalue weighted by Gasteiger charge is 2.45. The number of benzene rings is 1. The summed E-state index contributed by atoms with van der Waals surface area (Å²) in [6.45, 7) is 2.76. The van der Waals surface area contributed by atoms with Crippen LogP contribution in [0.3, 0.4) is 0 Å². The SMILES string of the molecule is CCCCCCCCCCCCC/C=C/[C@@H](OC(=O)c1ccccc1)[C@H]1COC2(CCCCC2)O1. The average molecular weight is 485 g/mol. The van der Waals surface area contributed by atoms with E-state index in [-0.39, 0.29) is 12.1 Å². The third-order valence-corrected chi connectivity index (χ3v) is 7.41. The van der Waals surface area contributed by atoms with Crippen LogP contribution in [-0.2, 0) is 14.2 Å². The molecule has 35 heavy (non-hydrogen) atoms. The summed E-state index contributed by atoms with van der Waals surface area (Å²) in [6, 6.07) is 9.22. The molecule has 0 N–H and O–H groups in total. The van der Waals surface area contributed by atoms with E-state index in [1.54, 1.807) is 12.1 Å². The van der Waals surface area contributed by atoms with Crippen LogP contribution in [0, 0.1) is 0 Å². The number of allylic oxidation sites excluding steroid dienone is 1. The normalized spacial score (nSPS) is 20.4. The minimum absolute atomic E-state index is 0.241. The molecule has 0 unspecified atom stereocenters. The van der Waals surface area contributed by atoms with Crippen LogP contribution >= 0.6 is 0 Å². The molecule has 1 aliphatic heterocycles. The summed E-state index contributed by atoms with van der Waals surface area (Å²) in [5.41, 5.74) is 0.572. The average Bonchev–Trinajstić information content (AvgIpc) is 3.29. The van der Waals surface area contributed by atoms with E-state index in [2.05, 4.69) is 13.0 Å². The van der Waals surface area contributed by atoms with Crippen LogP contribution < -0.4 is 0 Å². The number of unbranched alkanes of at least 4 members (excludes halogenated alkanes) is 11. The van der Waals surface area contributed by atoms with Gasteiger partial charge in [-0.05, 0) is 43.9 Å². The Morgan fingerprint density at radius 1 is 0.943 bits per heavy atom. The van der Waals surface area contributed by atoms with E-state index in [0.717, 1.165) is 32.1 Å². The Balaban J connectivity index is 1.39. The third-order valence-electron chi connectivity index (χ3n) is 7.41. The van der Waals surface area contributed by atoms with Gasteiger partial charge in [0.2, 0.25) is 0 Å². The molecule has 0 amide bonds. The first kappa shape index (κ1) is 27.9. The molecular formula is C31H48O4. The number of hydrogen-bond acceptors (Lipinski definition) is 4. The first-order chi connectivity index (χ1) is 17.2. The van der Waals surface area contributed by atoms with Gasteiger partial charge in [0, 0.05) is 12.8 Å². The highest BCUT2D eigenvalue weighted by molar-refractivity contribution is 5.89. The van der Waals surface area contributed by atoms with Crippen molar-refractivity contribution in [2.45, 2.75) is 134 Å². The van der Waals surface area contributed by atoms with E-state index < -0.39 is 11.9 Å². The van der Waals surface area contributed by atoms with Gasteiger partial charge in [-0.1, -0.05) is 102 Å². The van der Waals surface area contributed by atoms with Gasteiger partial charge in [-0.25, -0.2) is 4.79 Å². The third kappa shape index (κ3) is 10.1. The van der Waals surface area contributed by atoms with E-state index in [9.17, 15) is 4.79 Å². The molecule has 0 aromatic heterocycles. The van der Waals surface area contributed by atoms with Crippen molar-refractivity contribution in [3.05, 3.63) is 48.0 Å². The lowest BCUT2D eigenvalue weighted by molar-refractivity contribution is -0.193. The summed E-state index contributed by atoms with van der Waals surface area (Å²) in [5.74, 6) is -0.771. The second-order valence-corrected chi connectivity index (χ2v) is 10.4. The number of ether oxygens (including phenoxy) is 3. The van der Waals surface area contributed by atoms with Crippen molar-refractivity contribution < 1.29 is 19.0 Å². The van der Waals surface area contributed by atoms with Gasteiger partial charge in [0.25, 0.3) is 0 Å². The zero-order chi connectivity index (χ0) is 24.6. The standard InChI is InChI=1S/C31H48O4/c1-2-3-4-5-6-7-8-9-10-11-12-13-18-23-28(34-30(32)27-21-16-14-17-22-27)29-26-33-31(35-29)24-19-15-20-25-31/h14,16-18,21-23,28-29H,2-13,15,19-20,24-26H2,1H3/b23-18+/t28-,29-/m1/s1. The highest BCUT2D eigenvalue weighted by atomic mass is 16.8. The monoisotopic (exact) mass is 484 g/mol. The van der Waals surface area contributed by atoms with Crippen molar-refractivity contribution in [2.24, 2.45) is 0 Å². The molecule has 2 aliphatic rings. The smallest absolute Gasteiger partial charge is 0.338 e. The maximum Gasteiger partial charge on any atom is 0.338 e. The van der Waals surface area contributed by atoms with Crippen LogP contribution in [0.4, 0.5) is 0 Å². The maximum atomic E-state index is 12.8. The molecule has 1 spiro atoms. The molecule has 1 saturated heterocycles. The molecule has 4 nitrogen and oxygen atoms in total. The lowest BCUT2D eigenvalue weighted by atomic mass is 9.94. The van der Waals surface area contributed by atoms with E-state index in [1.165, 1.54) is 77.0 Å². The van der Waals surface area contributed by atoms with Gasteiger partial charge in [-0.3, -0.25) is 0 Å². The quantitative estimate of drug-likeness (QED) is 0.134. The van der Waals surface area contributed by atoms with Crippen molar-refractivity contribution in [1.29, 1.82) is 0 Å². The fourth-order valence-corrected chi connectivity index (χ4v) is 5.25. The maximum absolute atomic E-state index is 12.8. The fourth-order valence-electron chi connectivity index (χ4n) is 5.25. The highest BCUT2D eigenvalue weighted by Crippen LogP contribution is 2.39. The summed E-state index contributed by atoms with van der Waals surface area (Å²) in [6.07, 6.45) is 24.7. The Kier molecular flexibility index (Phi) is 12.9. The molecule has 196 valence electrons. The van der Waals surface area contributed by atoms with Crippen LogP contribution in [0.15, 0.2) is 42.5 Å². The summed E-state index contributed by atoms with van der Waals surface area (Å²) < 4.78 is 18.5. The van der Waals surface area contributed by atoms with Crippen molar-refractivity contribution in [2.75, 3.05) is 6.61 Å². The molecule has 1 aromatic carbocycles. The van der Waals surface area contributed by atoms with Crippen molar-refractivity contribution in [3.8, 4) is 0 Å². The minimum Gasteiger partial charge on any atom is -0.452 e. The number of rotatable bonds is 16.